The lowest BCUT2D eigenvalue weighted by Gasteiger charge is -2.36. The third kappa shape index (κ3) is 5.63. The molecule has 0 amide bonds. The molecule has 2 aliphatic rings. The van der Waals surface area contributed by atoms with E-state index in [9.17, 15) is 9.90 Å². The van der Waals surface area contributed by atoms with Crippen molar-refractivity contribution in [1.82, 2.24) is 0 Å². The van der Waals surface area contributed by atoms with Gasteiger partial charge >= 0.3 is 0 Å². The highest BCUT2D eigenvalue weighted by atomic mass is 16.7. The summed E-state index contributed by atoms with van der Waals surface area (Å²) in [6, 6.07) is 12.2. The van der Waals surface area contributed by atoms with Crippen LogP contribution in [0, 0.1) is 5.92 Å². The number of hydrogen-bond acceptors (Lipinski definition) is 6. The van der Waals surface area contributed by atoms with Crippen molar-refractivity contribution < 1.29 is 28.5 Å². The van der Waals surface area contributed by atoms with E-state index in [1.54, 1.807) is 6.26 Å². The third-order valence-corrected chi connectivity index (χ3v) is 8.35. The molecule has 2 aromatic carbocycles. The number of fused-ring (bicyclic) bond motifs is 1. The smallest absolute Gasteiger partial charge is 0.157 e. The van der Waals surface area contributed by atoms with Gasteiger partial charge in [-0.2, -0.15) is 0 Å². The molecule has 6 heteroatoms. The van der Waals surface area contributed by atoms with Crippen molar-refractivity contribution in [1.29, 1.82) is 0 Å². The van der Waals surface area contributed by atoms with Crippen LogP contribution in [-0.4, -0.2) is 48.5 Å². The molecule has 2 aliphatic heterocycles. The van der Waals surface area contributed by atoms with Gasteiger partial charge in [-0.1, -0.05) is 70.5 Å². The average molecular weight is 547 g/mol. The Kier molecular flexibility index (Phi) is 8.79. The lowest BCUT2D eigenvalue weighted by Crippen LogP contribution is -2.47. The van der Waals surface area contributed by atoms with Crippen LogP contribution >= 0.6 is 0 Å². The van der Waals surface area contributed by atoms with Crippen molar-refractivity contribution in [2.45, 2.75) is 89.6 Å². The summed E-state index contributed by atoms with van der Waals surface area (Å²) in [4.78, 5) is 12.5. The van der Waals surface area contributed by atoms with E-state index in [1.165, 1.54) is 0 Å². The summed E-state index contributed by atoms with van der Waals surface area (Å²) in [5, 5.41) is 12.0. The maximum absolute atomic E-state index is 12.5. The summed E-state index contributed by atoms with van der Waals surface area (Å²) >= 11 is 0. The van der Waals surface area contributed by atoms with Crippen molar-refractivity contribution in [3.8, 4) is 5.75 Å². The number of aliphatic hydroxyl groups is 1. The van der Waals surface area contributed by atoms with Crippen molar-refractivity contribution in [3.05, 3.63) is 71.0 Å². The zero-order chi connectivity index (χ0) is 28.3. The predicted octanol–water partition coefficient (Wildman–Crippen LogP) is 7.12. The number of aliphatic hydroxyl groups excluding tert-OH is 1. The molecule has 1 N–H and O–H groups in total. The van der Waals surface area contributed by atoms with Crippen molar-refractivity contribution >= 4 is 23.3 Å². The van der Waals surface area contributed by atoms with Gasteiger partial charge < -0.3 is 23.7 Å². The van der Waals surface area contributed by atoms with Gasteiger partial charge in [-0.05, 0) is 48.4 Å². The van der Waals surface area contributed by atoms with Crippen molar-refractivity contribution in [2.24, 2.45) is 5.92 Å². The van der Waals surface area contributed by atoms with Crippen LogP contribution in [0.2, 0.25) is 0 Å². The first-order valence-corrected chi connectivity index (χ1v) is 14.8. The van der Waals surface area contributed by atoms with Crippen LogP contribution < -0.4 is 4.74 Å². The monoisotopic (exact) mass is 546 g/mol. The zero-order valence-electron chi connectivity index (χ0n) is 24.1. The highest BCUT2D eigenvalue weighted by Crippen LogP contribution is 2.49. The van der Waals surface area contributed by atoms with Gasteiger partial charge in [0.2, 0.25) is 0 Å². The molecule has 1 spiro atoms. The first kappa shape index (κ1) is 28.6. The van der Waals surface area contributed by atoms with Gasteiger partial charge in [0.15, 0.2) is 6.29 Å². The molecule has 2 saturated heterocycles. The normalized spacial score (nSPS) is 25.2. The summed E-state index contributed by atoms with van der Waals surface area (Å²) in [5.41, 5.74) is 3.57. The van der Waals surface area contributed by atoms with Crippen molar-refractivity contribution in [3.63, 3.8) is 0 Å². The molecule has 40 heavy (non-hydrogen) atoms. The Balaban J connectivity index is 1.45. The minimum absolute atomic E-state index is 0.0315. The largest absolute Gasteiger partial charge is 0.488 e. The first-order chi connectivity index (χ1) is 19.4. The summed E-state index contributed by atoms with van der Waals surface area (Å²) in [6.45, 7) is 9.30. The number of benzene rings is 2. The Morgan fingerprint density at radius 3 is 2.65 bits per heavy atom. The first-order valence-electron chi connectivity index (χ1n) is 14.8. The second-order valence-electron chi connectivity index (χ2n) is 11.7. The molecule has 5 rings (SSSR count). The number of furan rings is 1. The second kappa shape index (κ2) is 12.3. The maximum atomic E-state index is 12.5. The zero-order valence-corrected chi connectivity index (χ0v) is 24.1. The van der Waals surface area contributed by atoms with E-state index in [2.05, 4.69) is 33.8 Å². The quantitative estimate of drug-likeness (QED) is 0.192. The second-order valence-corrected chi connectivity index (χ2v) is 11.7. The minimum Gasteiger partial charge on any atom is -0.488 e. The van der Waals surface area contributed by atoms with Crippen LogP contribution in [-0.2, 0) is 15.9 Å². The minimum atomic E-state index is -0.556. The molecule has 1 aromatic heterocycles. The molecule has 4 unspecified atom stereocenters. The van der Waals surface area contributed by atoms with E-state index in [0.29, 0.717) is 42.4 Å². The molecule has 5 atom stereocenters. The number of carbonyl (C=O) groups is 1. The topological polar surface area (TPSA) is 81.4 Å². The maximum Gasteiger partial charge on any atom is 0.157 e. The number of aldehydes is 1. The molecule has 0 saturated carbocycles. The highest BCUT2D eigenvalue weighted by Gasteiger charge is 2.63. The summed E-state index contributed by atoms with van der Waals surface area (Å²) in [7, 11) is 0. The van der Waals surface area contributed by atoms with Crippen LogP contribution in [0.1, 0.15) is 86.3 Å². The van der Waals surface area contributed by atoms with E-state index < -0.39 is 11.7 Å². The fraction of sp³-hybridized carbons (Fsp3) is 0.500. The van der Waals surface area contributed by atoms with Crippen LogP contribution in [0.5, 0.6) is 5.75 Å². The SMILES string of the molecule is CCCC(c1coc2c(C=O)c(OC/C=C/c3ccccc3)c(CC(C)C)cc12)C1CC(O)C2(CO1)O[C@H]2CC. The molecular formula is C34H42O6. The van der Waals surface area contributed by atoms with Gasteiger partial charge in [-0.25, -0.2) is 0 Å². The number of hydrogen-bond donors (Lipinski definition) is 1. The van der Waals surface area contributed by atoms with Gasteiger partial charge in [0.1, 0.15) is 23.5 Å². The molecule has 3 aromatic rings. The Bertz CT molecular complexity index is 1330. The van der Waals surface area contributed by atoms with Gasteiger partial charge in [-0.15, -0.1) is 0 Å². The van der Waals surface area contributed by atoms with E-state index in [4.69, 9.17) is 18.6 Å². The average Bonchev–Trinajstić information content (AvgIpc) is 3.52. The molecule has 0 bridgehead atoms. The summed E-state index contributed by atoms with van der Waals surface area (Å²) in [6.07, 6.45) is 9.96. The molecule has 3 heterocycles. The number of ether oxygens (including phenoxy) is 3. The van der Waals surface area contributed by atoms with Crippen LogP contribution in [0.15, 0.2) is 53.2 Å². The number of carbonyl (C=O) groups excluding carboxylic acids is 1. The number of rotatable bonds is 12. The molecule has 214 valence electrons. The van der Waals surface area contributed by atoms with Gasteiger partial charge in [0.25, 0.3) is 0 Å². The third-order valence-electron chi connectivity index (χ3n) is 8.35. The van der Waals surface area contributed by atoms with E-state index in [-0.39, 0.29) is 18.1 Å². The molecule has 0 aliphatic carbocycles. The Morgan fingerprint density at radius 2 is 2.00 bits per heavy atom. The Labute approximate surface area is 237 Å². The predicted molar refractivity (Wildman–Crippen MR) is 157 cm³/mol. The van der Waals surface area contributed by atoms with Gasteiger partial charge in [0, 0.05) is 23.3 Å². The molecular weight excluding hydrogens is 504 g/mol. The Hall–Kier alpha value is -2.93. The lowest BCUT2D eigenvalue weighted by molar-refractivity contribution is -0.105. The molecule has 0 radical (unpaired) electrons. The fourth-order valence-electron chi connectivity index (χ4n) is 6.32. The summed E-state index contributed by atoms with van der Waals surface area (Å²) < 4.78 is 24.6. The highest BCUT2D eigenvalue weighted by molar-refractivity contribution is 6.00. The molecule has 2 fully saturated rings. The molecule has 6 nitrogen and oxygen atoms in total. The van der Waals surface area contributed by atoms with Crippen molar-refractivity contribution in [2.75, 3.05) is 13.2 Å². The van der Waals surface area contributed by atoms with Crippen LogP contribution in [0.25, 0.3) is 17.0 Å². The fourth-order valence-corrected chi connectivity index (χ4v) is 6.32. The lowest BCUT2D eigenvalue weighted by atomic mass is 9.81. The van der Waals surface area contributed by atoms with Crippen LogP contribution in [0.4, 0.5) is 0 Å². The van der Waals surface area contributed by atoms with Gasteiger partial charge in [0.05, 0.1) is 36.7 Å². The van der Waals surface area contributed by atoms with Crippen LogP contribution in [0.3, 0.4) is 0 Å². The van der Waals surface area contributed by atoms with E-state index in [1.807, 2.05) is 42.5 Å². The van der Waals surface area contributed by atoms with Gasteiger partial charge in [-0.3, -0.25) is 4.79 Å². The number of epoxide rings is 1. The van der Waals surface area contributed by atoms with E-state index >= 15 is 0 Å². The summed E-state index contributed by atoms with van der Waals surface area (Å²) in [5.74, 6) is 0.993. The Morgan fingerprint density at radius 1 is 1.20 bits per heavy atom. The standard InChI is InChI=1S/C34H42O6/c1-5-11-25(29-18-30(36)34(21-39-29)31(6-2)40-34)28-20-38-33-26(28)17-24(16-22(3)4)32(27(33)19-35)37-15-10-14-23-12-8-7-9-13-23/h7-10,12-14,17,19-20,22,25,29-31,36H,5-6,11,15-16,18,21H2,1-4H3/b14-10+/t25?,29?,30?,31-,34?/m0/s1. The van der Waals surface area contributed by atoms with E-state index in [0.717, 1.165) is 54.0 Å².